The monoisotopic (exact) mass is 209 g/mol. The minimum absolute atomic E-state index is 0.848. The average molecular weight is 209 g/mol. The van der Waals surface area contributed by atoms with E-state index in [9.17, 15) is 0 Å². The zero-order chi connectivity index (χ0) is 10.1. The van der Waals surface area contributed by atoms with Gasteiger partial charge in [-0.25, -0.2) is 0 Å². The predicted octanol–water partition coefficient (Wildman–Crippen LogP) is 2.11. The number of hydrogen-bond donors (Lipinski definition) is 0. The van der Waals surface area contributed by atoms with Crippen molar-refractivity contribution in [3.8, 4) is 11.4 Å². The van der Waals surface area contributed by atoms with Crippen molar-refractivity contribution in [3.63, 3.8) is 0 Å². The Morgan fingerprint density at radius 1 is 1.43 bits per heavy atom. The van der Waals surface area contributed by atoms with E-state index in [1.165, 1.54) is 0 Å². The summed E-state index contributed by atoms with van der Waals surface area (Å²) in [7, 11) is 1.95. The van der Waals surface area contributed by atoms with Crippen LogP contribution in [0, 0.1) is 6.92 Å². The fraction of sp³-hybridized carbons (Fsp3) is 0.333. The number of aromatic nitrogens is 3. The molecule has 0 unspecified atom stereocenters. The van der Waals surface area contributed by atoms with Crippen LogP contribution in [0.15, 0.2) is 21.9 Å². The molecule has 0 N–H and O–H groups in total. The van der Waals surface area contributed by atoms with Gasteiger partial charge in [0, 0.05) is 7.05 Å². The third-order valence-electron chi connectivity index (χ3n) is 2.12. The Morgan fingerprint density at radius 3 is 2.71 bits per heavy atom. The van der Waals surface area contributed by atoms with Crippen molar-refractivity contribution >= 4 is 11.8 Å². The van der Waals surface area contributed by atoms with E-state index in [0.29, 0.717) is 0 Å². The highest BCUT2D eigenvalue weighted by atomic mass is 32.2. The maximum absolute atomic E-state index is 5.23. The molecule has 5 heteroatoms. The van der Waals surface area contributed by atoms with Gasteiger partial charge < -0.3 is 8.98 Å². The van der Waals surface area contributed by atoms with Crippen LogP contribution in [0.5, 0.6) is 0 Å². The lowest BCUT2D eigenvalue weighted by Crippen LogP contribution is -1.94. The van der Waals surface area contributed by atoms with Crippen LogP contribution in [0.1, 0.15) is 5.76 Å². The van der Waals surface area contributed by atoms with Crippen molar-refractivity contribution in [1.82, 2.24) is 14.8 Å². The molecule has 0 atom stereocenters. The number of hydrogen-bond acceptors (Lipinski definition) is 4. The molecule has 2 heterocycles. The number of furan rings is 1. The molecule has 0 saturated carbocycles. The quantitative estimate of drug-likeness (QED) is 0.710. The predicted molar refractivity (Wildman–Crippen MR) is 55.2 cm³/mol. The van der Waals surface area contributed by atoms with E-state index in [0.717, 1.165) is 22.3 Å². The highest BCUT2D eigenvalue weighted by molar-refractivity contribution is 7.98. The van der Waals surface area contributed by atoms with Crippen LogP contribution >= 0.6 is 11.8 Å². The second-order valence-corrected chi connectivity index (χ2v) is 3.73. The van der Waals surface area contributed by atoms with E-state index in [4.69, 9.17) is 4.42 Å². The van der Waals surface area contributed by atoms with Gasteiger partial charge in [0.15, 0.2) is 11.0 Å². The minimum atomic E-state index is 0.848. The van der Waals surface area contributed by atoms with E-state index in [-0.39, 0.29) is 0 Å². The zero-order valence-electron chi connectivity index (χ0n) is 8.31. The second-order valence-electron chi connectivity index (χ2n) is 2.96. The summed E-state index contributed by atoms with van der Waals surface area (Å²) in [6.07, 6.45) is 3.65. The normalized spacial score (nSPS) is 10.8. The van der Waals surface area contributed by atoms with Gasteiger partial charge in [0.2, 0.25) is 0 Å². The van der Waals surface area contributed by atoms with Gasteiger partial charge in [-0.05, 0) is 19.2 Å². The van der Waals surface area contributed by atoms with Crippen molar-refractivity contribution < 1.29 is 4.42 Å². The molecule has 0 aromatic carbocycles. The molecule has 0 fully saturated rings. The van der Waals surface area contributed by atoms with Gasteiger partial charge in [-0.15, -0.1) is 10.2 Å². The Balaban J connectivity index is 2.52. The first kappa shape index (κ1) is 9.33. The van der Waals surface area contributed by atoms with Gasteiger partial charge in [0.05, 0.1) is 11.8 Å². The molecule has 4 nitrogen and oxygen atoms in total. The fourth-order valence-corrected chi connectivity index (χ4v) is 1.83. The van der Waals surface area contributed by atoms with Crippen LogP contribution < -0.4 is 0 Å². The van der Waals surface area contributed by atoms with Crippen LogP contribution in [-0.4, -0.2) is 21.0 Å². The summed E-state index contributed by atoms with van der Waals surface area (Å²) in [6, 6.07) is 1.91. The Hall–Kier alpha value is -1.23. The highest BCUT2D eigenvalue weighted by Gasteiger charge is 2.13. The van der Waals surface area contributed by atoms with Crippen molar-refractivity contribution in [2.75, 3.05) is 6.26 Å². The first-order valence-corrected chi connectivity index (χ1v) is 5.44. The number of aryl methyl sites for hydroxylation is 1. The molecule has 0 bridgehead atoms. The first-order valence-electron chi connectivity index (χ1n) is 4.22. The number of rotatable bonds is 2. The number of nitrogens with zero attached hydrogens (tertiary/aromatic N) is 3. The molecular weight excluding hydrogens is 198 g/mol. The summed E-state index contributed by atoms with van der Waals surface area (Å²) in [5, 5.41) is 9.09. The van der Waals surface area contributed by atoms with Crippen LogP contribution in [0.3, 0.4) is 0 Å². The Morgan fingerprint density at radius 2 is 2.21 bits per heavy atom. The fourth-order valence-electron chi connectivity index (χ4n) is 1.34. The molecule has 2 aromatic rings. The molecule has 0 aliphatic carbocycles. The van der Waals surface area contributed by atoms with Gasteiger partial charge >= 0.3 is 0 Å². The minimum Gasteiger partial charge on any atom is -0.469 e. The Bertz CT molecular complexity index is 447. The SMILES string of the molecule is CSc1nnc(-c2ccoc2C)n1C. The van der Waals surface area contributed by atoms with Gasteiger partial charge in [-0.1, -0.05) is 11.8 Å². The van der Waals surface area contributed by atoms with Crippen molar-refractivity contribution in [1.29, 1.82) is 0 Å². The van der Waals surface area contributed by atoms with Crippen LogP contribution in [0.4, 0.5) is 0 Å². The third-order valence-corrected chi connectivity index (χ3v) is 2.84. The van der Waals surface area contributed by atoms with Crippen LogP contribution in [0.2, 0.25) is 0 Å². The standard InChI is InChI=1S/C9H11N3OS/c1-6-7(4-5-13-6)8-10-11-9(14-3)12(8)2/h4-5H,1-3H3. The van der Waals surface area contributed by atoms with E-state index in [1.807, 2.05) is 30.9 Å². The molecule has 0 radical (unpaired) electrons. The van der Waals surface area contributed by atoms with E-state index >= 15 is 0 Å². The lowest BCUT2D eigenvalue weighted by molar-refractivity contribution is 0.534. The summed E-state index contributed by atoms with van der Waals surface area (Å²) >= 11 is 1.58. The molecule has 14 heavy (non-hydrogen) atoms. The van der Waals surface area contributed by atoms with Gasteiger partial charge in [-0.2, -0.15) is 0 Å². The van der Waals surface area contributed by atoms with Crippen molar-refractivity contribution in [2.45, 2.75) is 12.1 Å². The largest absolute Gasteiger partial charge is 0.469 e. The van der Waals surface area contributed by atoms with Gasteiger partial charge in [0.25, 0.3) is 0 Å². The lowest BCUT2D eigenvalue weighted by Gasteiger charge is -1.99. The molecule has 2 rings (SSSR count). The van der Waals surface area contributed by atoms with E-state index in [2.05, 4.69) is 10.2 Å². The first-order chi connectivity index (χ1) is 6.74. The molecule has 2 aromatic heterocycles. The Labute approximate surface area is 86.3 Å². The lowest BCUT2D eigenvalue weighted by atomic mass is 10.2. The second kappa shape index (κ2) is 3.49. The topological polar surface area (TPSA) is 43.9 Å². The molecule has 74 valence electrons. The summed E-state index contributed by atoms with van der Waals surface area (Å²) < 4.78 is 7.19. The smallest absolute Gasteiger partial charge is 0.190 e. The van der Waals surface area contributed by atoms with Gasteiger partial charge in [-0.3, -0.25) is 0 Å². The van der Waals surface area contributed by atoms with Crippen molar-refractivity contribution in [3.05, 3.63) is 18.1 Å². The van der Waals surface area contributed by atoms with E-state index < -0.39 is 0 Å². The van der Waals surface area contributed by atoms with Crippen LogP contribution in [-0.2, 0) is 7.05 Å². The molecule has 0 aliphatic heterocycles. The van der Waals surface area contributed by atoms with Crippen molar-refractivity contribution in [2.24, 2.45) is 7.05 Å². The molecular formula is C9H11N3OS. The average Bonchev–Trinajstić information content (AvgIpc) is 2.72. The summed E-state index contributed by atoms with van der Waals surface area (Å²) in [5.74, 6) is 1.72. The Kier molecular flexibility index (Phi) is 2.33. The summed E-state index contributed by atoms with van der Waals surface area (Å²) in [6.45, 7) is 1.92. The molecule has 0 aliphatic rings. The van der Waals surface area contributed by atoms with Crippen LogP contribution in [0.25, 0.3) is 11.4 Å². The maximum Gasteiger partial charge on any atom is 0.190 e. The summed E-state index contributed by atoms with van der Waals surface area (Å²) in [5.41, 5.74) is 1.00. The third kappa shape index (κ3) is 1.33. The number of thioether (sulfide) groups is 1. The van der Waals surface area contributed by atoms with E-state index in [1.54, 1.807) is 18.0 Å². The zero-order valence-corrected chi connectivity index (χ0v) is 9.13. The summed E-state index contributed by atoms with van der Waals surface area (Å²) in [4.78, 5) is 0. The highest BCUT2D eigenvalue weighted by Crippen LogP contribution is 2.24. The molecule has 0 spiro atoms. The van der Waals surface area contributed by atoms with Gasteiger partial charge in [0.1, 0.15) is 5.76 Å². The molecule has 0 amide bonds. The molecule has 0 saturated heterocycles. The maximum atomic E-state index is 5.23.